The fourth-order valence-electron chi connectivity index (χ4n) is 3.47. The van der Waals surface area contributed by atoms with E-state index in [-0.39, 0.29) is 22.0 Å². The van der Waals surface area contributed by atoms with E-state index in [1.807, 2.05) is 0 Å². The molecular weight excluding hydrogens is 408 g/mol. The Morgan fingerprint density at radius 3 is 2.73 bits per heavy atom. The maximum Gasteiger partial charge on any atom is 0.349 e. The normalized spacial score (nSPS) is 13.1. The van der Waals surface area contributed by atoms with Crippen LogP contribution in [0.4, 0.5) is 5.00 Å². The monoisotopic (exact) mass is 426 g/mol. The molecule has 3 aromatic rings. The molecule has 1 N–H and O–H groups in total. The number of fused-ring (bicyclic) bond motifs is 2. The number of para-hydroxylation sites is 1. The molecule has 0 aliphatic carbocycles. The molecule has 2 amide bonds. The number of hydrogen-bond donors (Lipinski definition) is 1. The first kappa shape index (κ1) is 19.8. The highest BCUT2D eigenvalue weighted by Crippen LogP contribution is 2.37. The van der Waals surface area contributed by atoms with E-state index in [0.717, 1.165) is 10.4 Å². The van der Waals surface area contributed by atoms with Crippen LogP contribution in [0.2, 0.25) is 0 Å². The van der Waals surface area contributed by atoms with E-state index in [1.54, 1.807) is 29.2 Å². The minimum Gasteiger partial charge on any atom is -0.465 e. The third-order valence-corrected chi connectivity index (χ3v) is 6.14. The van der Waals surface area contributed by atoms with Crippen molar-refractivity contribution >= 4 is 45.1 Å². The second-order valence-corrected chi connectivity index (χ2v) is 7.93. The van der Waals surface area contributed by atoms with E-state index in [4.69, 9.17) is 9.15 Å². The lowest BCUT2D eigenvalue weighted by Gasteiger charge is -2.25. The zero-order valence-corrected chi connectivity index (χ0v) is 17.1. The largest absolute Gasteiger partial charge is 0.465 e. The summed E-state index contributed by atoms with van der Waals surface area (Å²) < 4.78 is 10.1. The lowest BCUT2D eigenvalue weighted by molar-refractivity contribution is -0.129. The highest BCUT2D eigenvalue weighted by atomic mass is 32.1. The van der Waals surface area contributed by atoms with Gasteiger partial charge in [0, 0.05) is 23.7 Å². The zero-order valence-electron chi connectivity index (χ0n) is 16.3. The van der Waals surface area contributed by atoms with Crippen molar-refractivity contribution in [2.24, 2.45) is 0 Å². The molecule has 4 rings (SSSR count). The van der Waals surface area contributed by atoms with Crippen LogP contribution in [0, 0.1) is 0 Å². The minimum absolute atomic E-state index is 0.0620. The van der Waals surface area contributed by atoms with Crippen molar-refractivity contribution < 1.29 is 23.5 Å². The Hall–Kier alpha value is -3.46. The number of anilines is 1. The van der Waals surface area contributed by atoms with E-state index in [0.29, 0.717) is 30.5 Å². The highest BCUT2D eigenvalue weighted by Gasteiger charge is 2.30. The van der Waals surface area contributed by atoms with Crippen LogP contribution in [0.25, 0.3) is 11.0 Å². The molecule has 154 valence electrons. The number of thiophene rings is 1. The van der Waals surface area contributed by atoms with E-state index >= 15 is 0 Å². The summed E-state index contributed by atoms with van der Waals surface area (Å²) in [6.07, 6.45) is 0.476. The molecule has 8 nitrogen and oxygen atoms in total. The Morgan fingerprint density at radius 2 is 2.00 bits per heavy atom. The third-order valence-electron chi connectivity index (χ3n) is 5.00. The molecule has 30 heavy (non-hydrogen) atoms. The summed E-state index contributed by atoms with van der Waals surface area (Å²) in [6, 6.07) is 8.33. The molecule has 9 heteroatoms. The van der Waals surface area contributed by atoms with Crippen LogP contribution < -0.4 is 10.9 Å². The average molecular weight is 426 g/mol. The van der Waals surface area contributed by atoms with Crippen LogP contribution in [0.5, 0.6) is 0 Å². The van der Waals surface area contributed by atoms with Crippen molar-refractivity contribution in [3.63, 3.8) is 0 Å². The van der Waals surface area contributed by atoms with Crippen molar-refractivity contribution in [1.82, 2.24) is 4.90 Å². The molecule has 3 heterocycles. The van der Waals surface area contributed by atoms with Gasteiger partial charge in [-0.2, -0.15) is 0 Å². The first-order valence-electron chi connectivity index (χ1n) is 9.21. The van der Waals surface area contributed by atoms with Gasteiger partial charge in [-0.05, 0) is 24.1 Å². The van der Waals surface area contributed by atoms with Gasteiger partial charge >= 0.3 is 11.6 Å². The number of methoxy groups -OCH3 is 1. The molecule has 0 atom stereocenters. The van der Waals surface area contributed by atoms with Gasteiger partial charge in [0.15, 0.2) is 0 Å². The van der Waals surface area contributed by atoms with Crippen molar-refractivity contribution in [3.8, 4) is 0 Å². The molecule has 0 spiro atoms. The standard InChI is InChI=1S/C21H18N2O6S/c1-11(24)23-8-7-13-16(10-23)30-19(17(13)21(27)28-2)22-18(25)14-9-12-5-3-4-6-15(12)29-20(14)26/h3-6,9H,7-8,10H2,1-2H3,(H,22,25). The predicted octanol–water partition coefficient (Wildman–Crippen LogP) is 2.80. The summed E-state index contributed by atoms with van der Waals surface area (Å²) in [7, 11) is 1.26. The zero-order chi connectivity index (χ0) is 21.4. The summed E-state index contributed by atoms with van der Waals surface area (Å²) in [6.45, 7) is 2.32. The highest BCUT2D eigenvalue weighted by molar-refractivity contribution is 7.17. The van der Waals surface area contributed by atoms with Crippen LogP contribution in [0.15, 0.2) is 39.5 Å². The van der Waals surface area contributed by atoms with Crippen molar-refractivity contribution in [2.45, 2.75) is 19.9 Å². The molecule has 2 aromatic heterocycles. The number of carbonyl (C=O) groups excluding carboxylic acids is 3. The summed E-state index contributed by atoms with van der Waals surface area (Å²) in [5.41, 5.74) is 0.464. The number of esters is 1. The van der Waals surface area contributed by atoms with E-state index in [2.05, 4.69) is 5.32 Å². The Balaban J connectivity index is 1.72. The van der Waals surface area contributed by atoms with E-state index < -0.39 is 17.5 Å². The Bertz CT molecular complexity index is 1240. The number of rotatable bonds is 3. The molecule has 0 saturated heterocycles. The number of carbonyl (C=O) groups is 3. The van der Waals surface area contributed by atoms with Crippen molar-refractivity contribution in [2.75, 3.05) is 19.0 Å². The minimum atomic E-state index is -0.769. The predicted molar refractivity (Wildman–Crippen MR) is 111 cm³/mol. The van der Waals surface area contributed by atoms with Crippen molar-refractivity contribution in [1.29, 1.82) is 0 Å². The number of benzene rings is 1. The topological polar surface area (TPSA) is 106 Å². The Morgan fingerprint density at radius 1 is 1.23 bits per heavy atom. The first-order valence-corrected chi connectivity index (χ1v) is 10.0. The molecule has 0 saturated carbocycles. The number of hydrogen-bond acceptors (Lipinski definition) is 7. The number of nitrogens with zero attached hydrogens (tertiary/aromatic N) is 1. The number of amides is 2. The molecule has 0 unspecified atom stereocenters. The van der Waals surface area contributed by atoms with E-state index in [1.165, 1.54) is 31.4 Å². The van der Waals surface area contributed by atoms with Gasteiger partial charge in [-0.25, -0.2) is 9.59 Å². The van der Waals surface area contributed by atoms with Crippen LogP contribution in [-0.4, -0.2) is 36.3 Å². The average Bonchev–Trinajstić information content (AvgIpc) is 3.09. The lowest BCUT2D eigenvalue weighted by Crippen LogP contribution is -2.33. The second kappa shape index (κ2) is 7.75. The summed E-state index contributed by atoms with van der Waals surface area (Å²) >= 11 is 1.20. The van der Waals surface area contributed by atoms with E-state index in [9.17, 15) is 19.2 Å². The maximum absolute atomic E-state index is 12.8. The molecule has 0 radical (unpaired) electrons. The van der Waals surface area contributed by atoms with Crippen molar-refractivity contribution in [3.05, 3.63) is 62.3 Å². The smallest absolute Gasteiger partial charge is 0.349 e. The van der Waals surface area contributed by atoms with Crippen LogP contribution in [-0.2, 0) is 22.5 Å². The fourth-order valence-corrected chi connectivity index (χ4v) is 4.72. The number of nitrogens with one attached hydrogen (secondary N) is 1. The summed E-state index contributed by atoms with van der Waals surface area (Å²) in [4.78, 5) is 51.7. The fraction of sp³-hybridized carbons (Fsp3) is 0.238. The Kier molecular flexibility index (Phi) is 5.13. The quantitative estimate of drug-likeness (QED) is 0.510. The van der Waals surface area contributed by atoms with Gasteiger partial charge < -0.3 is 19.4 Å². The van der Waals surface area contributed by atoms with Gasteiger partial charge in [-0.3, -0.25) is 9.59 Å². The second-order valence-electron chi connectivity index (χ2n) is 6.83. The van der Waals surface area contributed by atoms with Crippen LogP contribution in [0.3, 0.4) is 0 Å². The lowest BCUT2D eigenvalue weighted by atomic mass is 10.0. The molecule has 0 fully saturated rings. The SMILES string of the molecule is COC(=O)c1c(NC(=O)c2cc3ccccc3oc2=O)sc2c1CCN(C(C)=O)C2. The van der Waals surface area contributed by atoms with Gasteiger partial charge in [0.05, 0.1) is 19.2 Å². The van der Waals surface area contributed by atoms with Gasteiger partial charge in [-0.15, -0.1) is 11.3 Å². The Labute approximate surface area is 175 Å². The molecular formula is C21H18N2O6S. The number of ether oxygens (including phenoxy) is 1. The maximum atomic E-state index is 12.8. The molecule has 0 bridgehead atoms. The van der Waals surface area contributed by atoms with Gasteiger partial charge in [0.1, 0.15) is 16.1 Å². The molecule has 1 aliphatic heterocycles. The molecule has 1 aliphatic rings. The first-order chi connectivity index (χ1) is 14.4. The third kappa shape index (κ3) is 3.48. The van der Waals surface area contributed by atoms with Crippen LogP contribution in [0.1, 0.15) is 38.1 Å². The summed E-state index contributed by atoms with van der Waals surface area (Å²) in [5, 5.41) is 3.56. The van der Waals surface area contributed by atoms with Crippen LogP contribution >= 0.6 is 11.3 Å². The van der Waals surface area contributed by atoms with Gasteiger partial charge in [-0.1, -0.05) is 18.2 Å². The molecule has 1 aromatic carbocycles. The van der Waals surface area contributed by atoms with Gasteiger partial charge in [0.2, 0.25) is 5.91 Å². The van der Waals surface area contributed by atoms with Gasteiger partial charge in [0.25, 0.3) is 5.91 Å². The summed E-state index contributed by atoms with van der Waals surface area (Å²) in [5.74, 6) is -1.32.